The fourth-order valence-corrected chi connectivity index (χ4v) is 1.51. The van der Waals surface area contributed by atoms with Gasteiger partial charge in [-0.25, -0.2) is 4.79 Å². The number of carbonyl (C=O) groups excluding carboxylic acids is 1. The molecule has 0 radical (unpaired) electrons. The smallest absolute Gasteiger partial charge is 0.347 e. The number of carbonyl (C=O) groups is 1. The van der Waals surface area contributed by atoms with Crippen LogP contribution in [-0.4, -0.2) is 18.7 Å². The molecule has 2 N–H and O–H groups in total. The van der Waals surface area contributed by atoms with Crippen LogP contribution in [0.2, 0.25) is 5.02 Å². The van der Waals surface area contributed by atoms with Gasteiger partial charge < -0.3 is 15.2 Å². The van der Waals surface area contributed by atoms with E-state index in [0.717, 1.165) is 5.56 Å². The molecule has 94 valence electrons. The zero-order chi connectivity index (χ0) is 12.8. The van der Waals surface area contributed by atoms with E-state index in [2.05, 4.69) is 0 Å². The first-order chi connectivity index (χ1) is 8.08. The predicted octanol–water partition coefficient (Wildman–Crippen LogP) is 2.13. The molecule has 0 aliphatic rings. The summed E-state index contributed by atoms with van der Waals surface area (Å²) in [5, 5.41) is 0.434. The fraction of sp³-hybridized carbons (Fsp3) is 0.417. The second-order valence-corrected chi connectivity index (χ2v) is 3.89. The highest BCUT2D eigenvalue weighted by molar-refractivity contribution is 6.32. The molecule has 1 rings (SSSR count). The van der Waals surface area contributed by atoms with Crippen molar-refractivity contribution in [1.29, 1.82) is 0 Å². The van der Waals surface area contributed by atoms with E-state index >= 15 is 0 Å². The summed E-state index contributed by atoms with van der Waals surface area (Å²) in [6.45, 7) is 4.10. The van der Waals surface area contributed by atoms with Crippen LogP contribution in [0.1, 0.15) is 19.4 Å². The van der Waals surface area contributed by atoms with Gasteiger partial charge >= 0.3 is 5.97 Å². The lowest BCUT2D eigenvalue weighted by molar-refractivity contribution is -0.150. The molecule has 0 aliphatic carbocycles. The van der Waals surface area contributed by atoms with Crippen LogP contribution in [0.5, 0.6) is 5.75 Å². The van der Waals surface area contributed by atoms with Crippen LogP contribution in [0.4, 0.5) is 0 Å². The summed E-state index contributed by atoms with van der Waals surface area (Å²) in [5.74, 6) is 0.0379. The third kappa shape index (κ3) is 3.91. The molecule has 1 atom stereocenters. The fourth-order valence-electron chi connectivity index (χ4n) is 1.27. The number of rotatable bonds is 5. The Bertz CT molecular complexity index is 395. The average molecular weight is 258 g/mol. The molecule has 0 fully saturated rings. The van der Waals surface area contributed by atoms with E-state index in [1.165, 1.54) is 0 Å². The van der Waals surface area contributed by atoms with Crippen molar-refractivity contribution in [1.82, 2.24) is 0 Å². The van der Waals surface area contributed by atoms with E-state index < -0.39 is 12.1 Å². The van der Waals surface area contributed by atoms with Crippen LogP contribution < -0.4 is 10.5 Å². The Morgan fingerprint density at radius 2 is 2.24 bits per heavy atom. The zero-order valence-corrected chi connectivity index (χ0v) is 10.7. The molecule has 4 nitrogen and oxygen atoms in total. The number of hydrogen-bond acceptors (Lipinski definition) is 4. The van der Waals surface area contributed by atoms with Crippen LogP contribution in [0.15, 0.2) is 18.2 Å². The van der Waals surface area contributed by atoms with Crippen LogP contribution in [0.25, 0.3) is 0 Å². The third-order valence-electron chi connectivity index (χ3n) is 2.15. The van der Waals surface area contributed by atoms with Crippen molar-refractivity contribution in [3.63, 3.8) is 0 Å². The number of ether oxygens (including phenoxy) is 2. The van der Waals surface area contributed by atoms with Crippen molar-refractivity contribution < 1.29 is 14.3 Å². The zero-order valence-electron chi connectivity index (χ0n) is 9.90. The van der Waals surface area contributed by atoms with Crippen molar-refractivity contribution in [3.05, 3.63) is 28.8 Å². The summed E-state index contributed by atoms with van der Waals surface area (Å²) in [4.78, 5) is 11.4. The number of esters is 1. The molecule has 1 aromatic carbocycles. The van der Waals surface area contributed by atoms with Crippen molar-refractivity contribution in [2.45, 2.75) is 26.5 Å². The number of hydrogen-bond donors (Lipinski definition) is 1. The molecule has 0 aromatic heterocycles. The Morgan fingerprint density at radius 3 is 2.76 bits per heavy atom. The largest absolute Gasteiger partial charge is 0.477 e. The first-order valence-corrected chi connectivity index (χ1v) is 5.78. The van der Waals surface area contributed by atoms with Crippen LogP contribution in [-0.2, 0) is 16.1 Å². The van der Waals surface area contributed by atoms with Crippen molar-refractivity contribution in [2.75, 3.05) is 6.61 Å². The SMILES string of the molecule is CCOC(=O)C(C)Oc1ccc(CN)cc1Cl. The van der Waals surface area contributed by atoms with Crippen molar-refractivity contribution in [2.24, 2.45) is 5.73 Å². The second kappa shape index (κ2) is 6.47. The molecule has 17 heavy (non-hydrogen) atoms. The number of nitrogens with two attached hydrogens (primary N) is 1. The van der Waals surface area contributed by atoms with Gasteiger partial charge in [-0.3, -0.25) is 0 Å². The van der Waals surface area contributed by atoms with E-state index in [-0.39, 0.29) is 0 Å². The molecule has 0 saturated heterocycles. The maximum absolute atomic E-state index is 11.4. The standard InChI is InChI=1S/C12H16ClNO3/c1-3-16-12(15)8(2)17-11-5-4-9(7-14)6-10(11)13/h4-6,8H,3,7,14H2,1-2H3. The molecule has 0 heterocycles. The second-order valence-electron chi connectivity index (χ2n) is 3.48. The van der Waals surface area contributed by atoms with Gasteiger partial charge in [0.25, 0.3) is 0 Å². The summed E-state index contributed by atoms with van der Waals surface area (Å²) in [7, 11) is 0. The first kappa shape index (κ1) is 13.8. The molecule has 0 bridgehead atoms. The summed E-state index contributed by atoms with van der Waals surface area (Å²) < 4.78 is 10.2. The third-order valence-corrected chi connectivity index (χ3v) is 2.45. The number of benzene rings is 1. The van der Waals surface area contributed by atoms with Crippen molar-refractivity contribution in [3.8, 4) is 5.75 Å². The van der Waals surface area contributed by atoms with Gasteiger partial charge in [0.05, 0.1) is 11.6 Å². The Balaban J connectivity index is 2.71. The van der Waals surface area contributed by atoms with Crippen LogP contribution in [0, 0.1) is 0 Å². The van der Waals surface area contributed by atoms with E-state index in [9.17, 15) is 4.79 Å². The topological polar surface area (TPSA) is 61.5 Å². The van der Waals surface area contributed by atoms with E-state index in [0.29, 0.717) is 23.9 Å². The normalized spacial score (nSPS) is 12.0. The van der Waals surface area contributed by atoms with Gasteiger partial charge in [-0.1, -0.05) is 17.7 Å². The Morgan fingerprint density at radius 1 is 1.53 bits per heavy atom. The minimum absolute atomic E-state index is 0.326. The first-order valence-electron chi connectivity index (χ1n) is 5.40. The molecule has 0 amide bonds. The van der Waals surface area contributed by atoms with Crippen LogP contribution in [0.3, 0.4) is 0 Å². The van der Waals surface area contributed by atoms with Gasteiger partial charge in [0.2, 0.25) is 0 Å². The van der Waals surface area contributed by atoms with Gasteiger partial charge in [-0.05, 0) is 31.5 Å². The highest BCUT2D eigenvalue weighted by Gasteiger charge is 2.17. The molecule has 5 heteroatoms. The molecule has 0 saturated carbocycles. The van der Waals surface area contributed by atoms with Gasteiger partial charge in [0.15, 0.2) is 6.10 Å². The lowest BCUT2D eigenvalue weighted by Gasteiger charge is -2.14. The minimum atomic E-state index is -0.684. The Labute approximate surface area is 106 Å². The Hall–Kier alpha value is -1.26. The summed E-state index contributed by atoms with van der Waals surface area (Å²) >= 11 is 6.00. The number of halogens is 1. The lowest BCUT2D eigenvalue weighted by atomic mass is 10.2. The summed E-state index contributed by atoms with van der Waals surface area (Å²) in [5.41, 5.74) is 6.39. The molecular weight excluding hydrogens is 242 g/mol. The van der Waals surface area contributed by atoms with E-state index in [4.69, 9.17) is 26.8 Å². The van der Waals surface area contributed by atoms with E-state index in [1.807, 2.05) is 0 Å². The maximum atomic E-state index is 11.4. The maximum Gasteiger partial charge on any atom is 0.347 e. The quantitative estimate of drug-likeness (QED) is 0.821. The molecule has 0 aliphatic heterocycles. The van der Waals surface area contributed by atoms with Gasteiger partial charge in [-0.2, -0.15) is 0 Å². The summed E-state index contributed by atoms with van der Waals surface area (Å²) in [6, 6.07) is 5.22. The summed E-state index contributed by atoms with van der Waals surface area (Å²) in [6.07, 6.45) is -0.684. The van der Waals surface area contributed by atoms with Gasteiger partial charge in [-0.15, -0.1) is 0 Å². The molecule has 1 aromatic rings. The monoisotopic (exact) mass is 257 g/mol. The van der Waals surface area contributed by atoms with E-state index in [1.54, 1.807) is 32.0 Å². The predicted molar refractivity (Wildman–Crippen MR) is 66.1 cm³/mol. The molecule has 1 unspecified atom stereocenters. The van der Waals surface area contributed by atoms with Crippen LogP contribution >= 0.6 is 11.6 Å². The van der Waals surface area contributed by atoms with Gasteiger partial charge in [0.1, 0.15) is 5.75 Å². The average Bonchev–Trinajstić information content (AvgIpc) is 2.31. The van der Waals surface area contributed by atoms with Crippen molar-refractivity contribution >= 4 is 17.6 Å². The lowest BCUT2D eigenvalue weighted by Crippen LogP contribution is -2.26. The highest BCUT2D eigenvalue weighted by Crippen LogP contribution is 2.26. The molecule has 0 spiro atoms. The molecular formula is C12H16ClNO3. The Kier molecular flexibility index (Phi) is 5.25. The highest BCUT2D eigenvalue weighted by atomic mass is 35.5. The van der Waals surface area contributed by atoms with Gasteiger partial charge in [0, 0.05) is 6.54 Å². The minimum Gasteiger partial charge on any atom is -0.477 e.